The first-order valence-electron chi connectivity index (χ1n) is 6.04. The molecule has 0 atom stereocenters. The van der Waals surface area contributed by atoms with Crippen LogP contribution in [0.1, 0.15) is 32.9 Å². The van der Waals surface area contributed by atoms with Crippen LogP contribution < -0.4 is 4.57 Å². The molecule has 0 saturated heterocycles. The van der Waals surface area contributed by atoms with Gasteiger partial charge in [-0.1, -0.05) is 6.07 Å². The molecule has 4 nitrogen and oxygen atoms in total. The number of aliphatic hydroxyl groups excluding tert-OH is 1. The topological polar surface area (TPSA) is 50.4 Å². The minimum Gasteiger partial charge on any atom is -0.506 e. The zero-order chi connectivity index (χ0) is 13.3. The molecule has 2 rings (SSSR count). The summed E-state index contributed by atoms with van der Waals surface area (Å²) >= 11 is 0. The van der Waals surface area contributed by atoms with Crippen molar-refractivity contribution in [3.05, 3.63) is 35.8 Å². The van der Waals surface area contributed by atoms with Crippen molar-refractivity contribution in [1.29, 1.82) is 0 Å². The van der Waals surface area contributed by atoms with E-state index in [9.17, 15) is 9.90 Å². The highest BCUT2D eigenvalue weighted by Crippen LogP contribution is 2.19. The summed E-state index contributed by atoms with van der Waals surface area (Å²) in [6.07, 6.45) is 2.96. The Bertz CT molecular complexity index is 512. The summed E-state index contributed by atoms with van der Waals surface area (Å²) in [5.41, 5.74) is 0.653. The molecule has 96 valence electrons. The normalized spacial score (nSPS) is 15.3. The minimum atomic E-state index is -0.572. The van der Waals surface area contributed by atoms with E-state index >= 15 is 0 Å². The summed E-state index contributed by atoms with van der Waals surface area (Å²) in [5, 5.41) is 9.94. The van der Waals surface area contributed by atoms with E-state index in [2.05, 4.69) is 0 Å². The van der Waals surface area contributed by atoms with Gasteiger partial charge in [0.1, 0.15) is 5.60 Å². The number of esters is 1. The SMILES string of the molecule is CC(C)(C)OC(=O)C1=C(O)CCc2cccc[n+]21. The second-order valence-electron chi connectivity index (χ2n) is 5.36. The van der Waals surface area contributed by atoms with Crippen LogP contribution in [0.25, 0.3) is 5.70 Å². The molecule has 0 amide bonds. The molecular formula is C14H18NO3+. The van der Waals surface area contributed by atoms with Gasteiger partial charge in [0.15, 0.2) is 17.6 Å². The van der Waals surface area contributed by atoms with Crippen molar-refractivity contribution in [2.75, 3.05) is 0 Å². The molecule has 0 unspecified atom stereocenters. The van der Waals surface area contributed by atoms with E-state index in [-0.39, 0.29) is 11.5 Å². The van der Waals surface area contributed by atoms with E-state index in [4.69, 9.17) is 4.74 Å². The van der Waals surface area contributed by atoms with Crippen LogP contribution in [-0.2, 0) is 16.0 Å². The standard InChI is InChI=1S/C14H17NO3/c1-14(2,3)18-13(17)12-11(16)8-7-10-6-4-5-9-15(10)12/h4-6,9H,7-8H2,1-3H3/p+1. The minimum absolute atomic E-state index is 0.0907. The van der Waals surface area contributed by atoms with Gasteiger partial charge in [-0.15, -0.1) is 0 Å². The van der Waals surface area contributed by atoms with E-state index in [1.54, 1.807) is 10.8 Å². The van der Waals surface area contributed by atoms with Crippen molar-refractivity contribution in [3.8, 4) is 0 Å². The van der Waals surface area contributed by atoms with E-state index in [1.807, 2.05) is 39.0 Å². The number of allylic oxidation sites excluding steroid dienone is 1. The predicted octanol–water partition coefficient (Wildman–Crippen LogP) is 1.99. The number of carbonyl (C=O) groups is 1. The number of nitrogens with zero attached hydrogens (tertiary/aromatic N) is 1. The number of rotatable bonds is 1. The van der Waals surface area contributed by atoms with Crippen molar-refractivity contribution in [2.24, 2.45) is 0 Å². The maximum Gasteiger partial charge on any atom is 0.408 e. The number of hydrogen-bond donors (Lipinski definition) is 1. The van der Waals surface area contributed by atoms with Crippen LogP contribution in [0, 0.1) is 0 Å². The Morgan fingerprint density at radius 1 is 1.33 bits per heavy atom. The number of fused-ring (bicyclic) bond motifs is 1. The van der Waals surface area contributed by atoms with Crippen LogP contribution in [0.3, 0.4) is 0 Å². The molecule has 1 aliphatic heterocycles. The van der Waals surface area contributed by atoms with Crippen LogP contribution >= 0.6 is 0 Å². The number of ether oxygens (including phenoxy) is 1. The summed E-state index contributed by atoms with van der Waals surface area (Å²) in [5.74, 6) is -0.398. The Kier molecular flexibility index (Phi) is 3.11. The van der Waals surface area contributed by atoms with Gasteiger partial charge in [-0.25, -0.2) is 4.79 Å². The molecule has 0 aliphatic carbocycles. The van der Waals surface area contributed by atoms with Crippen LogP contribution in [0.15, 0.2) is 30.2 Å². The molecule has 1 aromatic heterocycles. The van der Waals surface area contributed by atoms with Gasteiger partial charge in [0, 0.05) is 25.0 Å². The van der Waals surface area contributed by atoms with Crippen molar-refractivity contribution < 1.29 is 19.2 Å². The number of aliphatic hydroxyl groups is 1. The fraction of sp³-hybridized carbons (Fsp3) is 0.429. The molecule has 2 heterocycles. The predicted molar refractivity (Wildman–Crippen MR) is 66.6 cm³/mol. The van der Waals surface area contributed by atoms with Crippen molar-refractivity contribution >= 4 is 11.7 Å². The molecule has 4 heteroatoms. The lowest BCUT2D eigenvalue weighted by Crippen LogP contribution is -2.45. The van der Waals surface area contributed by atoms with Gasteiger partial charge >= 0.3 is 11.7 Å². The largest absolute Gasteiger partial charge is 0.506 e. The van der Waals surface area contributed by atoms with Gasteiger partial charge in [-0.3, -0.25) is 0 Å². The molecule has 1 aliphatic rings. The van der Waals surface area contributed by atoms with Crippen molar-refractivity contribution in [3.63, 3.8) is 0 Å². The molecule has 0 radical (unpaired) electrons. The zero-order valence-electron chi connectivity index (χ0n) is 10.9. The number of hydrogen-bond acceptors (Lipinski definition) is 3. The summed E-state index contributed by atoms with van der Waals surface area (Å²) in [6.45, 7) is 5.42. The van der Waals surface area contributed by atoms with Gasteiger partial charge in [0.05, 0.1) is 0 Å². The van der Waals surface area contributed by atoms with Gasteiger partial charge < -0.3 is 9.84 Å². The van der Waals surface area contributed by atoms with Crippen LogP contribution in [0.5, 0.6) is 0 Å². The van der Waals surface area contributed by atoms with Gasteiger partial charge in [-0.2, -0.15) is 4.57 Å². The first-order valence-corrected chi connectivity index (χ1v) is 6.04. The number of aryl methyl sites for hydroxylation is 1. The smallest absolute Gasteiger partial charge is 0.408 e. The molecule has 0 aromatic carbocycles. The van der Waals surface area contributed by atoms with Crippen LogP contribution in [-0.4, -0.2) is 16.7 Å². The Balaban J connectivity index is 2.39. The summed E-state index contributed by atoms with van der Waals surface area (Å²) in [4.78, 5) is 12.1. The van der Waals surface area contributed by atoms with E-state index in [0.29, 0.717) is 6.42 Å². The molecule has 1 N–H and O–H groups in total. The highest BCUT2D eigenvalue weighted by atomic mass is 16.6. The third kappa shape index (κ3) is 2.53. The first-order chi connectivity index (χ1) is 8.38. The molecule has 0 spiro atoms. The van der Waals surface area contributed by atoms with E-state index < -0.39 is 11.6 Å². The fourth-order valence-electron chi connectivity index (χ4n) is 1.95. The maximum atomic E-state index is 12.1. The lowest BCUT2D eigenvalue weighted by molar-refractivity contribution is -0.591. The Morgan fingerprint density at radius 2 is 2.06 bits per heavy atom. The molecule has 0 fully saturated rings. The lowest BCUT2D eigenvalue weighted by atomic mass is 10.1. The first kappa shape index (κ1) is 12.6. The molecule has 1 aromatic rings. The second kappa shape index (κ2) is 4.44. The van der Waals surface area contributed by atoms with Crippen molar-refractivity contribution in [2.45, 2.75) is 39.2 Å². The Labute approximate surface area is 107 Å². The van der Waals surface area contributed by atoms with Gasteiger partial charge in [0.2, 0.25) is 0 Å². The molecule has 0 bridgehead atoms. The van der Waals surface area contributed by atoms with Crippen LogP contribution in [0.4, 0.5) is 0 Å². The maximum absolute atomic E-state index is 12.1. The molecular weight excluding hydrogens is 230 g/mol. The van der Waals surface area contributed by atoms with E-state index in [0.717, 1.165) is 12.1 Å². The summed E-state index contributed by atoms with van der Waals surface area (Å²) in [6, 6.07) is 5.68. The van der Waals surface area contributed by atoms with Crippen molar-refractivity contribution in [1.82, 2.24) is 0 Å². The second-order valence-corrected chi connectivity index (χ2v) is 5.36. The Hall–Kier alpha value is -1.84. The van der Waals surface area contributed by atoms with Crippen LogP contribution in [0.2, 0.25) is 0 Å². The lowest BCUT2D eigenvalue weighted by Gasteiger charge is -2.20. The third-order valence-electron chi connectivity index (χ3n) is 2.67. The average molecular weight is 248 g/mol. The number of aromatic nitrogens is 1. The monoisotopic (exact) mass is 248 g/mol. The highest BCUT2D eigenvalue weighted by Gasteiger charge is 2.35. The van der Waals surface area contributed by atoms with Gasteiger partial charge in [-0.05, 0) is 20.8 Å². The quantitative estimate of drug-likeness (QED) is 0.611. The summed E-state index contributed by atoms with van der Waals surface area (Å²) in [7, 11) is 0. The average Bonchev–Trinajstić information content (AvgIpc) is 2.26. The number of carbonyl (C=O) groups excluding carboxylic acids is 1. The van der Waals surface area contributed by atoms with E-state index in [1.165, 1.54) is 0 Å². The molecule has 0 saturated carbocycles. The summed E-state index contributed by atoms with van der Waals surface area (Å²) < 4.78 is 7.03. The fourth-order valence-corrected chi connectivity index (χ4v) is 1.95. The Morgan fingerprint density at radius 3 is 2.72 bits per heavy atom. The zero-order valence-corrected chi connectivity index (χ0v) is 10.9. The highest BCUT2D eigenvalue weighted by molar-refractivity contribution is 6.07. The van der Waals surface area contributed by atoms with Gasteiger partial charge in [0.25, 0.3) is 0 Å². The number of pyridine rings is 1. The third-order valence-corrected chi connectivity index (χ3v) is 2.67. The molecule has 18 heavy (non-hydrogen) atoms.